The van der Waals surface area contributed by atoms with Crippen molar-refractivity contribution >= 4 is 0 Å². The Morgan fingerprint density at radius 2 is 2.00 bits per heavy atom. The molecule has 0 aromatic heterocycles. The molecule has 0 heterocycles. The Morgan fingerprint density at radius 1 is 1.42 bits per heavy atom. The Bertz CT molecular complexity index is 144. The molecule has 72 valence electrons. The Labute approximate surface area is 75.8 Å². The normalized spacial score (nSPS) is 13.6. The van der Waals surface area contributed by atoms with Crippen molar-refractivity contribution in [3.63, 3.8) is 0 Å². The van der Waals surface area contributed by atoms with E-state index in [1.165, 1.54) is 5.57 Å². The van der Waals surface area contributed by atoms with Gasteiger partial charge < -0.3 is 10.5 Å². The van der Waals surface area contributed by atoms with Crippen LogP contribution in [-0.2, 0) is 4.74 Å². The van der Waals surface area contributed by atoms with Gasteiger partial charge in [-0.05, 0) is 12.3 Å². The average Bonchev–Trinajstić information content (AvgIpc) is 1.84. The van der Waals surface area contributed by atoms with Crippen LogP contribution in [0.3, 0.4) is 0 Å². The first-order valence-electron chi connectivity index (χ1n) is 4.42. The highest BCUT2D eigenvalue weighted by molar-refractivity contribution is 5.03. The highest BCUT2D eigenvalue weighted by Crippen LogP contribution is 2.17. The van der Waals surface area contributed by atoms with Gasteiger partial charge in [-0.15, -0.1) is 0 Å². The molecule has 0 fully saturated rings. The van der Waals surface area contributed by atoms with E-state index in [1.54, 1.807) is 0 Å². The van der Waals surface area contributed by atoms with Crippen molar-refractivity contribution in [3.05, 3.63) is 11.6 Å². The molecule has 2 nitrogen and oxygen atoms in total. The van der Waals surface area contributed by atoms with E-state index in [0.29, 0.717) is 19.8 Å². The molecule has 0 bridgehead atoms. The first kappa shape index (κ1) is 11.7. The van der Waals surface area contributed by atoms with Crippen LogP contribution in [-0.4, -0.2) is 19.8 Å². The van der Waals surface area contributed by atoms with E-state index in [1.807, 2.05) is 0 Å². The molecule has 0 amide bonds. The predicted molar refractivity (Wildman–Crippen MR) is 53.1 cm³/mol. The largest absolute Gasteiger partial charge is 0.376 e. The molecule has 0 unspecified atom stereocenters. The summed E-state index contributed by atoms with van der Waals surface area (Å²) in [5, 5.41) is 0. The van der Waals surface area contributed by atoms with Crippen LogP contribution >= 0.6 is 0 Å². The first-order valence-corrected chi connectivity index (χ1v) is 4.42. The van der Waals surface area contributed by atoms with Gasteiger partial charge in [-0.1, -0.05) is 32.4 Å². The first-order chi connectivity index (χ1) is 5.45. The molecule has 0 radical (unpaired) electrons. The quantitative estimate of drug-likeness (QED) is 0.518. The summed E-state index contributed by atoms with van der Waals surface area (Å²) < 4.78 is 5.30. The number of hydrogen-bond donors (Lipinski definition) is 1. The van der Waals surface area contributed by atoms with Crippen LogP contribution in [0.1, 0.15) is 27.7 Å². The van der Waals surface area contributed by atoms with Gasteiger partial charge in [0.15, 0.2) is 0 Å². The van der Waals surface area contributed by atoms with E-state index in [4.69, 9.17) is 10.5 Å². The van der Waals surface area contributed by atoms with Crippen molar-refractivity contribution in [1.82, 2.24) is 0 Å². The lowest BCUT2D eigenvalue weighted by Gasteiger charge is -2.14. The highest BCUT2D eigenvalue weighted by Gasteiger charge is 2.05. The fourth-order valence-corrected chi connectivity index (χ4v) is 1.10. The zero-order valence-corrected chi connectivity index (χ0v) is 8.68. The number of hydrogen-bond acceptors (Lipinski definition) is 2. The molecule has 2 heteroatoms. The van der Waals surface area contributed by atoms with E-state index in [9.17, 15) is 0 Å². The van der Waals surface area contributed by atoms with Crippen molar-refractivity contribution in [2.45, 2.75) is 27.7 Å². The fourth-order valence-electron chi connectivity index (χ4n) is 1.10. The maximum Gasteiger partial charge on any atom is 0.0674 e. The second kappa shape index (κ2) is 5.33. The van der Waals surface area contributed by atoms with Gasteiger partial charge in [0.25, 0.3) is 0 Å². The van der Waals surface area contributed by atoms with Crippen LogP contribution in [0.5, 0.6) is 0 Å². The maximum atomic E-state index is 5.30. The summed E-state index contributed by atoms with van der Waals surface area (Å²) in [6, 6.07) is 0. The van der Waals surface area contributed by atoms with Crippen molar-refractivity contribution in [2.75, 3.05) is 19.8 Å². The summed E-state index contributed by atoms with van der Waals surface area (Å²) in [4.78, 5) is 0. The van der Waals surface area contributed by atoms with E-state index in [0.717, 1.165) is 0 Å². The molecule has 0 aliphatic carbocycles. The Morgan fingerprint density at radius 3 is 2.42 bits per heavy atom. The molecule has 0 saturated carbocycles. The zero-order valence-electron chi connectivity index (χ0n) is 8.68. The molecule has 2 N–H and O–H groups in total. The van der Waals surface area contributed by atoms with Crippen LogP contribution in [0.2, 0.25) is 0 Å². The lowest BCUT2D eigenvalue weighted by molar-refractivity contribution is 0.163. The van der Waals surface area contributed by atoms with E-state index in [2.05, 4.69) is 33.8 Å². The third-order valence-corrected chi connectivity index (χ3v) is 1.27. The number of ether oxygens (including phenoxy) is 1. The molecule has 0 spiro atoms. The topological polar surface area (TPSA) is 35.2 Å². The van der Waals surface area contributed by atoms with Gasteiger partial charge in [-0.2, -0.15) is 0 Å². The molecular weight excluding hydrogens is 150 g/mol. The van der Waals surface area contributed by atoms with E-state index in [-0.39, 0.29) is 5.41 Å². The Balaban J connectivity index is 3.71. The van der Waals surface area contributed by atoms with Crippen molar-refractivity contribution in [1.29, 1.82) is 0 Å². The number of rotatable bonds is 4. The standard InChI is InChI=1S/C10H21NO/c1-9(7-10(2,3)4)8-12-6-5-11/h7H,5-6,8,11H2,1-4H3/b9-7+. The minimum absolute atomic E-state index is 0.246. The van der Waals surface area contributed by atoms with E-state index < -0.39 is 0 Å². The van der Waals surface area contributed by atoms with Gasteiger partial charge in [-0.25, -0.2) is 0 Å². The van der Waals surface area contributed by atoms with Crippen LogP contribution in [0.25, 0.3) is 0 Å². The second-order valence-electron chi connectivity index (χ2n) is 4.20. The summed E-state index contributed by atoms with van der Waals surface area (Å²) in [5.41, 5.74) is 6.82. The van der Waals surface area contributed by atoms with Crippen molar-refractivity contribution in [3.8, 4) is 0 Å². The van der Waals surface area contributed by atoms with Crippen LogP contribution < -0.4 is 5.73 Å². The Kier molecular flexibility index (Phi) is 5.18. The third-order valence-electron chi connectivity index (χ3n) is 1.27. The van der Waals surface area contributed by atoms with E-state index >= 15 is 0 Å². The van der Waals surface area contributed by atoms with Gasteiger partial charge in [0.2, 0.25) is 0 Å². The fraction of sp³-hybridized carbons (Fsp3) is 0.800. The molecule has 0 aliphatic rings. The lowest BCUT2D eigenvalue weighted by Crippen LogP contribution is -2.10. The Hall–Kier alpha value is -0.340. The van der Waals surface area contributed by atoms with Gasteiger partial charge in [0, 0.05) is 6.54 Å². The average molecular weight is 171 g/mol. The zero-order chi connectivity index (χ0) is 9.61. The van der Waals surface area contributed by atoms with Gasteiger partial charge in [0.05, 0.1) is 13.2 Å². The van der Waals surface area contributed by atoms with Crippen molar-refractivity contribution < 1.29 is 4.74 Å². The number of allylic oxidation sites excluding steroid dienone is 1. The minimum Gasteiger partial charge on any atom is -0.376 e. The predicted octanol–water partition coefficient (Wildman–Crippen LogP) is 1.95. The molecule has 0 aromatic rings. The highest BCUT2D eigenvalue weighted by atomic mass is 16.5. The van der Waals surface area contributed by atoms with Crippen LogP contribution in [0.15, 0.2) is 11.6 Å². The van der Waals surface area contributed by atoms with Gasteiger partial charge in [-0.3, -0.25) is 0 Å². The molecular formula is C10H21NO. The number of nitrogens with two attached hydrogens (primary N) is 1. The van der Waals surface area contributed by atoms with Crippen LogP contribution in [0.4, 0.5) is 0 Å². The smallest absolute Gasteiger partial charge is 0.0674 e. The molecule has 0 aromatic carbocycles. The summed E-state index contributed by atoms with van der Waals surface area (Å²) in [5.74, 6) is 0. The summed E-state index contributed by atoms with van der Waals surface area (Å²) in [6.45, 7) is 10.6. The summed E-state index contributed by atoms with van der Waals surface area (Å²) in [6.07, 6.45) is 2.23. The van der Waals surface area contributed by atoms with Crippen molar-refractivity contribution in [2.24, 2.45) is 11.1 Å². The van der Waals surface area contributed by atoms with Gasteiger partial charge >= 0.3 is 0 Å². The molecule has 0 rings (SSSR count). The molecule has 12 heavy (non-hydrogen) atoms. The molecule has 0 saturated heterocycles. The van der Waals surface area contributed by atoms with Crippen LogP contribution in [0, 0.1) is 5.41 Å². The minimum atomic E-state index is 0.246. The molecule has 0 atom stereocenters. The summed E-state index contributed by atoms with van der Waals surface area (Å²) in [7, 11) is 0. The lowest BCUT2D eigenvalue weighted by atomic mass is 9.94. The maximum absolute atomic E-state index is 5.30. The van der Waals surface area contributed by atoms with Gasteiger partial charge in [0.1, 0.15) is 0 Å². The SMILES string of the molecule is C/C(=C\C(C)(C)C)COCCN. The third kappa shape index (κ3) is 7.76. The monoisotopic (exact) mass is 171 g/mol. The molecule has 0 aliphatic heterocycles. The second-order valence-corrected chi connectivity index (χ2v) is 4.20. The summed E-state index contributed by atoms with van der Waals surface area (Å²) >= 11 is 0.